The van der Waals surface area contributed by atoms with Crippen LogP contribution in [0.25, 0.3) is 10.9 Å². The fourth-order valence-electron chi connectivity index (χ4n) is 2.41. The van der Waals surface area contributed by atoms with Gasteiger partial charge in [0.05, 0.1) is 17.2 Å². The second-order valence-corrected chi connectivity index (χ2v) is 5.69. The van der Waals surface area contributed by atoms with Crippen molar-refractivity contribution in [1.82, 2.24) is 10.3 Å². The van der Waals surface area contributed by atoms with E-state index in [1.165, 1.54) is 0 Å². The number of pyridine rings is 1. The van der Waals surface area contributed by atoms with Crippen LogP contribution >= 0.6 is 0 Å². The van der Waals surface area contributed by atoms with Crippen LogP contribution in [0, 0.1) is 13.8 Å². The largest absolute Gasteiger partial charge is 0.391 e. The molecule has 1 aromatic carbocycles. The quantitative estimate of drug-likeness (QED) is 0.669. The molecule has 5 N–H and O–H groups in total. The molecule has 1 atom stereocenters. The van der Waals surface area contributed by atoms with Gasteiger partial charge in [-0.2, -0.15) is 0 Å². The molecule has 0 radical (unpaired) electrons. The molecule has 128 valence electrons. The van der Waals surface area contributed by atoms with Gasteiger partial charge >= 0.3 is 6.03 Å². The molecule has 0 aliphatic carbocycles. The van der Waals surface area contributed by atoms with E-state index >= 15 is 0 Å². The van der Waals surface area contributed by atoms with E-state index in [1.807, 2.05) is 13.8 Å². The maximum Gasteiger partial charge on any atom is 0.319 e. The molecule has 1 unspecified atom stereocenters. The van der Waals surface area contributed by atoms with Gasteiger partial charge in [-0.25, -0.2) is 4.79 Å². The maximum absolute atomic E-state index is 11.9. The number of aromatic nitrogens is 1. The number of aliphatic hydroxyl groups excluding tert-OH is 1. The van der Waals surface area contributed by atoms with E-state index in [-0.39, 0.29) is 6.54 Å². The van der Waals surface area contributed by atoms with Crippen molar-refractivity contribution in [2.45, 2.75) is 33.3 Å². The fraction of sp³-hybridized carbons (Fsp3) is 0.353. The van der Waals surface area contributed by atoms with Crippen molar-refractivity contribution in [3.05, 3.63) is 35.0 Å². The molecule has 7 heteroatoms. The molecule has 1 heterocycles. The topological polar surface area (TPSA) is 117 Å². The van der Waals surface area contributed by atoms with Crippen LogP contribution in [0.3, 0.4) is 0 Å². The summed E-state index contributed by atoms with van der Waals surface area (Å²) in [4.78, 5) is 28.1. The third kappa shape index (κ3) is 3.80. The van der Waals surface area contributed by atoms with Crippen molar-refractivity contribution >= 4 is 28.5 Å². The number of rotatable bonds is 5. The minimum atomic E-state index is -0.580. The number of amides is 3. The summed E-state index contributed by atoms with van der Waals surface area (Å²) in [5.41, 5.74) is 8.52. The predicted molar refractivity (Wildman–Crippen MR) is 93.1 cm³/mol. The van der Waals surface area contributed by atoms with Gasteiger partial charge in [0.1, 0.15) is 0 Å². The standard InChI is InChI=1S/C17H22N4O3/c1-4-12(22)8-19-17(24)21-11-5-6-14-13(7-11)15(16(18)23)9(2)10(3)20-14/h5-7,12,22H,4,8H2,1-3H3,(H2,18,23)(H2,19,21,24). The Morgan fingerprint density at radius 3 is 2.67 bits per heavy atom. The van der Waals surface area contributed by atoms with Crippen LogP contribution in [0.4, 0.5) is 10.5 Å². The molecular weight excluding hydrogens is 308 g/mol. The highest BCUT2D eigenvalue weighted by molar-refractivity contribution is 6.08. The highest BCUT2D eigenvalue weighted by Gasteiger charge is 2.15. The van der Waals surface area contributed by atoms with E-state index in [9.17, 15) is 14.7 Å². The highest BCUT2D eigenvalue weighted by Crippen LogP contribution is 2.25. The Balaban J connectivity index is 2.30. The fourth-order valence-corrected chi connectivity index (χ4v) is 2.41. The van der Waals surface area contributed by atoms with E-state index in [2.05, 4.69) is 15.6 Å². The van der Waals surface area contributed by atoms with Gasteiger partial charge in [0.2, 0.25) is 5.91 Å². The third-order valence-corrected chi connectivity index (χ3v) is 3.95. The van der Waals surface area contributed by atoms with Crippen LogP contribution in [0.1, 0.15) is 35.0 Å². The zero-order valence-corrected chi connectivity index (χ0v) is 14.0. The first-order valence-electron chi connectivity index (χ1n) is 7.77. The number of hydrogen-bond donors (Lipinski definition) is 4. The first-order valence-corrected chi connectivity index (χ1v) is 7.77. The van der Waals surface area contributed by atoms with Crippen molar-refractivity contribution in [2.24, 2.45) is 5.73 Å². The van der Waals surface area contributed by atoms with Gasteiger partial charge in [-0.3, -0.25) is 9.78 Å². The van der Waals surface area contributed by atoms with E-state index in [0.29, 0.717) is 28.6 Å². The molecule has 0 fully saturated rings. The average molecular weight is 330 g/mol. The minimum Gasteiger partial charge on any atom is -0.391 e. The zero-order chi connectivity index (χ0) is 17.9. The molecule has 2 aromatic rings. The summed E-state index contributed by atoms with van der Waals surface area (Å²) < 4.78 is 0. The molecule has 24 heavy (non-hydrogen) atoms. The lowest BCUT2D eigenvalue weighted by atomic mass is 10.0. The van der Waals surface area contributed by atoms with E-state index in [1.54, 1.807) is 25.1 Å². The average Bonchev–Trinajstić information content (AvgIpc) is 2.53. The molecule has 0 spiro atoms. The number of aliphatic hydroxyl groups is 1. The molecule has 2 rings (SSSR count). The lowest BCUT2D eigenvalue weighted by Crippen LogP contribution is -2.35. The Hall–Kier alpha value is -2.67. The molecule has 0 aliphatic rings. The van der Waals surface area contributed by atoms with Crippen molar-refractivity contribution in [3.63, 3.8) is 0 Å². The van der Waals surface area contributed by atoms with Gasteiger partial charge in [-0.05, 0) is 44.0 Å². The molecule has 3 amide bonds. The monoisotopic (exact) mass is 330 g/mol. The van der Waals surface area contributed by atoms with Gasteiger partial charge in [-0.1, -0.05) is 6.92 Å². The van der Waals surface area contributed by atoms with Crippen molar-refractivity contribution in [3.8, 4) is 0 Å². The van der Waals surface area contributed by atoms with Crippen LogP contribution in [0.15, 0.2) is 18.2 Å². The number of benzene rings is 1. The predicted octanol–water partition coefficient (Wildman–Crippen LogP) is 1.84. The first kappa shape index (κ1) is 17.7. The summed E-state index contributed by atoms with van der Waals surface area (Å²) >= 11 is 0. The third-order valence-electron chi connectivity index (χ3n) is 3.95. The minimum absolute atomic E-state index is 0.169. The highest BCUT2D eigenvalue weighted by atomic mass is 16.3. The van der Waals surface area contributed by atoms with Gasteiger partial charge < -0.3 is 21.5 Å². The molecular formula is C17H22N4O3. The van der Waals surface area contributed by atoms with Crippen LogP contribution in [-0.4, -0.2) is 34.7 Å². The number of nitrogens with two attached hydrogens (primary N) is 1. The number of carbonyl (C=O) groups is 2. The number of aryl methyl sites for hydroxylation is 1. The van der Waals surface area contributed by atoms with E-state index in [4.69, 9.17) is 5.73 Å². The summed E-state index contributed by atoms with van der Waals surface area (Å²) in [6, 6.07) is 4.67. The summed E-state index contributed by atoms with van der Waals surface area (Å²) in [6.07, 6.45) is -0.0219. The van der Waals surface area contributed by atoms with Crippen molar-refractivity contribution in [2.75, 3.05) is 11.9 Å². The lowest BCUT2D eigenvalue weighted by molar-refractivity contribution is 0.100. The van der Waals surface area contributed by atoms with Crippen LogP contribution < -0.4 is 16.4 Å². The molecule has 0 aliphatic heterocycles. The number of primary amides is 1. The second kappa shape index (κ2) is 7.27. The Bertz CT molecular complexity index is 789. The summed E-state index contributed by atoms with van der Waals surface area (Å²) in [5, 5.41) is 15.3. The second-order valence-electron chi connectivity index (χ2n) is 5.69. The smallest absolute Gasteiger partial charge is 0.319 e. The Morgan fingerprint density at radius 1 is 1.33 bits per heavy atom. The molecule has 1 aromatic heterocycles. The number of carbonyl (C=O) groups excluding carboxylic acids is 2. The van der Waals surface area contributed by atoms with E-state index < -0.39 is 18.0 Å². The number of anilines is 1. The number of fused-ring (bicyclic) bond motifs is 1. The van der Waals surface area contributed by atoms with Crippen LogP contribution in [-0.2, 0) is 0 Å². The van der Waals surface area contributed by atoms with Crippen molar-refractivity contribution < 1.29 is 14.7 Å². The lowest BCUT2D eigenvalue weighted by Gasteiger charge is -2.13. The van der Waals surface area contributed by atoms with Gasteiger partial charge in [0.15, 0.2) is 0 Å². The Morgan fingerprint density at radius 2 is 2.04 bits per heavy atom. The summed E-state index contributed by atoms with van der Waals surface area (Å²) in [5.74, 6) is -0.532. The zero-order valence-electron chi connectivity index (χ0n) is 14.0. The number of urea groups is 1. The van der Waals surface area contributed by atoms with Gasteiger partial charge in [-0.15, -0.1) is 0 Å². The molecule has 0 bridgehead atoms. The maximum atomic E-state index is 11.9. The Kier molecular flexibility index (Phi) is 5.35. The number of nitrogens with one attached hydrogen (secondary N) is 2. The summed E-state index contributed by atoms with van der Waals surface area (Å²) in [6.45, 7) is 5.61. The first-order chi connectivity index (χ1) is 11.3. The van der Waals surface area contributed by atoms with E-state index in [0.717, 1.165) is 11.3 Å². The normalized spacial score (nSPS) is 12.0. The van der Waals surface area contributed by atoms with Crippen LogP contribution in [0.5, 0.6) is 0 Å². The number of nitrogens with zero attached hydrogens (tertiary/aromatic N) is 1. The van der Waals surface area contributed by atoms with Gasteiger partial charge in [0.25, 0.3) is 0 Å². The molecule has 0 saturated carbocycles. The van der Waals surface area contributed by atoms with Crippen LogP contribution in [0.2, 0.25) is 0 Å². The SMILES string of the molecule is CCC(O)CNC(=O)Nc1ccc2nc(C)c(C)c(C(N)=O)c2c1. The Labute approximate surface area is 140 Å². The molecule has 7 nitrogen and oxygen atoms in total. The summed E-state index contributed by atoms with van der Waals surface area (Å²) in [7, 11) is 0. The number of hydrogen-bond acceptors (Lipinski definition) is 4. The van der Waals surface area contributed by atoms with Crippen molar-refractivity contribution in [1.29, 1.82) is 0 Å². The molecule has 0 saturated heterocycles. The van der Waals surface area contributed by atoms with Gasteiger partial charge in [0, 0.05) is 23.3 Å².